The molecule has 4 rings (SSSR count). The van der Waals surface area contributed by atoms with Gasteiger partial charge in [-0.25, -0.2) is 0 Å². The number of ketones is 1. The number of ether oxygens (including phenoxy) is 2. The van der Waals surface area contributed by atoms with Gasteiger partial charge >= 0.3 is 0 Å². The van der Waals surface area contributed by atoms with Crippen molar-refractivity contribution in [3.05, 3.63) is 78.4 Å². The van der Waals surface area contributed by atoms with Gasteiger partial charge in [0.1, 0.15) is 17.2 Å². The molecule has 0 unspecified atom stereocenters. The van der Waals surface area contributed by atoms with Crippen LogP contribution in [0.2, 0.25) is 0 Å². The van der Waals surface area contributed by atoms with Crippen LogP contribution in [0.3, 0.4) is 0 Å². The van der Waals surface area contributed by atoms with Gasteiger partial charge in [-0.3, -0.25) is 9.36 Å². The Morgan fingerprint density at radius 3 is 2.38 bits per heavy atom. The maximum atomic E-state index is 12.7. The molecule has 3 aromatic carbocycles. The third kappa shape index (κ3) is 4.31. The number of aromatic nitrogens is 3. The largest absolute Gasteiger partial charge is 0.507 e. The number of benzene rings is 3. The number of carbonyl (C=O) groups is 1. The monoisotopic (exact) mass is 447 g/mol. The SMILES string of the molecule is COc1ccc(C(=O)CSc2nnc(-c3ccccc3O)n2-c2ccccc2OC)cc1. The lowest BCUT2D eigenvalue weighted by atomic mass is 10.1. The first kappa shape index (κ1) is 21.5. The highest BCUT2D eigenvalue weighted by Crippen LogP contribution is 2.35. The summed E-state index contributed by atoms with van der Waals surface area (Å²) < 4.78 is 12.5. The molecule has 0 aliphatic heterocycles. The van der Waals surface area contributed by atoms with Gasteiger partial charge in [0.2, 0.25) is 0 Å². The standard InChI is InChI=1S/C24H21N3O4S/c1-30-17-13-11-16(12-14-17)21(29)15-32-24-26-25-23(18-7-3-5-9-20(18)28)27(24)19-8-4-6-10-22(19)31-2/h3-14,28H,15H2,1-2H3. The van der Waals surface area contributed by atoms with Crippen LogP contribution in [0, 0.1) is 0 Å². The number of hydrogen-bond donors (Lipinski definition) is 1. The highest BCUT2D eigenvalue weighted by molar-refractivity contribution is 7.99. The molecule has 1 N–H and O–H groups in total. The summed E-state index contributed by atoms with van der Waals surface area (Å²) in [5.74, 6) is 1.97. The quantitative estimate of drug-likeness (QED) is 0.311. The Morgan fingerprint density at radius 1 is 0.938 bits per heavy atom. The first-order chi connectivity index (χ1) is 15.6. The first-order valence-corrected chi connectivity index (χ1v) is 10.8. The van der Waals surface area contributed by atoms with E-state index in [0.29, 0.717) is 39.3 Å². The van der Waals surface area contributed by atoms with Crippen LogP contribution in [0.1, 0.15) is 10.4 Å². The van der Waals surface area contributed by atoms with Gasteiger partial charge in [-0.1, -0.05) is 36.0 Å². The predicted molar refractivity (Wildman–Crippen MR) is 123 cm³/mol. The number of thioether (sulfide) groups is 1. The van der Waals surface area contributed by atoms with Gasteiger partial charge in [-0.2, -0.15) is 0 Å². The van der Waals surface area contributed by atoms with E-state index in [2.05, 4.69) is 10.2 Å². The van der Waals surface area contributed by atoms with Crippen molar-refractivity contribution in [2.75, 3.05) is 20.0 Å². The van der Waals surface area contributed by atoms with Crippen molar-refractivity contribution in [1.82, 2.24) is 14.8 Å². The van der Waals surface area contributed by atoms with E-state index in [1.807, 2.05) is 30.3 Å². The van der Waals surface area contributed by atoms with E-state index >= 15 is 0 Å². The summed E-state index contributed by atoms with van der Waals surface area (Å²) in [5.41, 5.74) is 1.82. The molecular formula is C24H21N3O4S. The Balaban J connectivity index is 1.70. The predicted octanol–water partition coefficient (Wildman–Crippen LogP) is 4.63. The molecular weight excluding hydrogens is 426 g/mol. The van der Waals surface area contributed by atoms with E-state index < -0.39 is 0 Å². The molecule has 8 heteroatoms. The maximum absolute atomic E-state index is 12.7. The number of aromatic hydroxyl groups is 1. The van der Waals surface area contributed by atoms with Crippen molar-refractivity contribution in [2.45, 2.75) is 5.16 Å². The summed E-state index contributed by atoms with van der Waals surface area (Å²) in [6.45, 7) is 0. The van der Waals surface area contributed by atoms with Gasteiger partial charge in [-0.15, -0.1) is 10.2 Å². The summed E-state index contributed by atoms with van der Waals surface area (Å²) in [7, 11) is 3.17. The summed E-state index contributed by atoms with van der Waals surface area (Å²) in [5, 5.41) is 19.5. The van der Waals surface area contributed by atoms with Crippen molar-refractivity contribution < 1.29 is 19.4 Å². The molecule has 0 spiro atoms. The van der Waals surface area contributed by atoms with E-state index in [0.717, 1.165) is 0 Å². The van der Waals surface area contributed by atoms with Gasteiger partial charge in [0.05, 0.1) is 31.2 Å². The first-order valence-electron chi connectivity index (χ1n) is 9.79. The van der Waals surface area contributed by atoms with Crippen molar-refractivity contribution in [2.24, 2.45) is 0 Å². The maximum Gasteiger partial charge on any atom is 0.196 e. The number of nitrogens with zero attached hydrogens (tertiary/aromatic N) is 3. The molecule has 0 bridgehead atoms. The van der Waals surface area contributed by atoms with Crippen LogP contribution in [0.25, 0.3) is 17.1 Å². The van der Waals surface area contributed by atoms with Crippen molar-refractivity contribution in [1.29, 1.82) is 0 Å². The number of phenols is 1. The number of methoxy groups -OCH3 is 2. The fraction of sp³-hybridized carbons (Fsp3) is 0.125. The van der Waals surface area contributed by atoms with Gasteiger partial charge in [0.25, 0.3) is 0 Å². The van der Waals surface area contributed by atoms with E-state index in [9.17, 15) is 9.90 Å². The molecule has 0 saturated carbocycles. The lowest BCUT2D eigenvalue weighted by Gasteiger charge is -2.14. The van der Waals surface area contributed by atoms with Crippen LogP contribution < -0.4 is 9.47 Å². The second kappa shape index (κ2) is 9.57. The second-order valence-corrected chi connectivity index (χ2v) is 7.71. The fourth-order valence-electron chi connectivity index (χ4n) is 3.22. The van der Waals surface area contributed by atoms with Crippen LogP contribution >= 0.6 is 11.8 Å². The van der Waals surface area contributed by atoms with Gasteiger partial charge in [0.15, 0.2) is 16.8 Å². The second-order valence-electron chi connectivity index (χ2n) is 6.77. The van der Waals surface area contributed by atoms with Gasteiger partial charge < -0.3 is 14.6 Å². The number of hydrogen-bond acceptors (Lipinski definition) is 7. The molecule has 1 aromatic heterocycles. The van der Waals surface area contributed by atoms with E-state index in [1.54, 1.807) is 61.3 Å². The van der Waals surface area contributed by atoms with Crippen LogP contribution in [-0.2, 0) is 0 Å². The molecule has 0 amide bonds. The summed E-state index contributed by atoms with van der Waals surface area (Å²) in [6.07, 6.45) is 0. The Bertz CT molecular complexity index is 1240. The number of carbonyl (C=O) groups excluding carboxylic acids is 1. The van der Waals surface area contributed by atoms with Crippen LogP contribution in [0.4, 0.5) is 0 Å². The summed E-state index contributed by atoms with van der Waals surface area (Å²) >= 11 is 1.27. The minimum atomic E-state index is -0.0451. The molecule has 0 saturated heterocycles. The van der Waals surface area contributed by atoms with Crippen molar-refractivity contribution in [3.8, 4) is 34.3 Å². The normalized spacial score (nSPS) is 10.7. The zero-order valence-electron chi connectivity index (χ0n) is 17.6. The van der Waals surface area contributed by atoms with Gasteiger partial charge in [0, 0.05) is 5.56 Å². The average molecular weight is 448 g/mol. The molecule has 0 radical (unpaired) electrons. The third-order valence-electron chi connectivity index (χ3n) is 4.85. The molecule has 0 atom stereocenters. The smallest absolute Gasteiger partial charge is 0.196 e. The molecule has 0 aliphatic rings. The molecule has 32 heavy (non-hydrogen) atoms. The highest BCUT2D eigenvalue weighted by atomic mass is 32.2. The van der Waals surface area contributed by atoms with Crippen molar-refractivity contribution >= 4 is 17.5 Å². The van der Waals surface area contributed by atoms with Crippen LogP contribution in [0.5, 0.6) is 17.2 Å². The minimum absolute atomic E-state index is 0.0451. The Kier molecular flexibility index (Phi) is 6.42. The zero-order valence-corrected chi connectivity index (χ0v) is 18.4. The summed E-state index contributed by atoms with van der Waals surface area (Å²) in [4.78, 5) is 12.7. The Hall–Kier alpha value is -3.78. The molecule has 0 fully saturated rings. The molecule has 7 nitrogen and oxygen atoms in total. The lowest BCUT2D eigenvalue weighted by molar-refractivity contribution is 0.102. The lowest BCUT2D eigenvalue weighted by Crippen LogP contribution is -2.06. The third-order valence-corrected chi connectivity index (χ3v) is 5.78. The number of Topliss-reactive ketones (excluding diaryl/α,β-unsaturated/α-hetero) is 1. The van der Waals surface area contributed by atoms with Crippen LogP contribution in [-0.4, -0.2) is 45.6 Å². The Labute approximate surface area is 189 Å². The molecule has 0 aliphatic carbocycles. The topological polar surface area (TPSA) is 86.5 Å². The minimum Gasteiger partial charge on any atom is -0.507 e. The Morgan fingerprint density at radius 2 is 1.66 bits per heavy atom. The molecule has 1 heterocycles. The number of rotatable bonds is 8. The van der Waals surface area contributed by atoms with Crippen LogP contribution in [0.15, 0.2) is 78.0 Å². The van der Waals surface area contributed by atoms with E-state index in [-0.39, 0.29) is 17.3 Å². The number of para-hydroxylation sites is 3. The molecule has 4 aromatic rings. The highest BCUT2D eigenvalue weighted by Gasteiger charge is 2.21. The summed E-state index contributed by atoms with van der Waals surface area (Å²) in [6, 6.07) is 21.4. The van der Waals surface area contributed by atoms with Gasteiger partial charge in [-0.05, 0) is 48.5 Å². The molecule has 162 valence electrons. The average Bonchev–Trinajstić information content (AvgIpc) is 3.26. The van der Waals surface area contributed by atoms with Crippen molar-refractivity contribution in [3.63, 3.8) is 0 Å². The van der Waals surface area contributed by atoms with E-state index in [4.69, 9.17) is 9.47 Å². The fourth-order valence-corrected chi connectivity index (χ4v) is 4.06. The van der Waals surface area contributed by atoms with E-state index in [1.165, 1.54) is 11.8 Å². The number of phenolic OH excluding ortho intramolecular Hbond substituents is 1. The zero-order chi connectivity index (χ0) is 22.5.